The van der Waals surface area contributed by atoms with Crippen LogP contribution >= 0.6 is 0 Å². The van der Waals surface area contributed by atoms with Gasteiger partial charge in [-0.1, -0.05) is 12.1 Å². The molecule has 1 aromatic carbocycles. The van der Waals surface area contributed by atoms with E-state index in [1.165, 1.54) is 0 Å². The van der Waals surface area contributed by atoms with Crippen molar-refractivity contribution in [1.82, 2.24) is 0 Å². The summed E-state index contributed by atoms with van der Waals surface area (Å²) in [6.07, 6.45) is 0. The molecule has 0 spiro atoms. The molecule has 15 heavy (non-hydrogen) atoms. The van der Waals surface area contributed by atoms with Crippen LogP contribution in [0.5, 0.6) is 5.75 Å². The van der Waals surface area contributed by atoms with Gasteiger partial charge in [0.15, 0.2) is 0 Å². The maximum absolute atomic E-state index is 5.78. The van der Waals surface area contributed by atoms with Crippen molar-refractivity contribution in [3.05, 3.63) is 29.8 Å². The Bertz CT molecular complexity index is 287. The molecule has 0 bridgehead atoms. The van der Waals surface area contributed by atoms with Crippen molar-refractivity contribution in [3.63, 3.8) is 0 Å². The van der Waals surface area contributed by atoms with Crippen molar-refractivity contribution in [3.8, 4) is 5.75 Å². The third-order valence-corrected chi connectivity index (χ3v) is 2.08. The van der Waals surface area contributed by atoms with Gasteiger partial charge in [0.25, 0.3) is 0 Å². The van der Waals surface area contributed by atoms with Crippen molar-refractivity contribution in [2.45, 2.75) is 19.9 Å². The Morgan fingerprint density at radius 3 is 2.80 bits per heavy atom. The molecule has 1 atom stereocenters. The van der Waals surface area contributed by atoms with Crippen LogP contribution in [-0.4, -0.2) is 19.8 Å². The van der Waals surface area contributed by atoms with Crippen LogP contribution in [0.25, 0.3) is 0 Å². The Morgan fingerprint density at radius 2 is 2.13 bits per heavy atom. The van der Waals surface area contributed by atoms with E-state index in [4.69, 9.17) is 15.2 Å². The molecule has 0 radical (unpaired) electrons. The lowest BCUT2D eigenvalue weighted by atomic mass is 10.1. The molecule has 1 rings (SSSR count). The van der Waals surface area contributed by atoms with Crippen LogP contribution in [0.1, 0.15) is 25.5 Å². The molecule has 3 nitrogen and oxygen atoms in total. The van der Waals surface area contributed by atoms with E-state index in [1.807, 2.05) is 38.1 Å². The molecule has 3 heteroatoms. The van der Waals surface area contributed by atoms with E-state index in [2.05, 4.69) is 0 Å². The molecule has 2 N–H and O–H groups in total. The summed E-state index contributed by atoms with van der Waals surface area (Å²) in [4.78, 5) is 0. The predicted molar refractivity (Wildman–Crippen MR) is 61.0 cm³/mol. The molecule has 0 heterocycles. The summed E-state index contributed by atoms with van der Waals surface area (Å²) in [6, 6.07) is 7.89. The van der Waals surface area contributed by atoms with E-state index >= 15 is 0 Å². The lowest BCUT2D eigenvalue weighted by Gasteiger charge is -2.09. The van der Waals surface area contributed by atoms with Gasteiger partial charge in [-0.05, 0) is 31.5 Å². The van der Waals surface area contributed by atoms with Crippen LogP contribution in [0.3, 0.4) is 0 Å². The Balaban J connectivity index is 2.43. The Labute approximate surface area is 91.2 Å². The second kappa shape index (κ2) is 6.43. The quantitative estimate of drug-likeness (QED) is 0.730. The molecule has 0 aliphatic heterocycles. The average molecular weight is 209 g/mol. The van der Waals surface area contributed by atoms with Crippen LogP contribution in [0.15, 0.2) is 24.3 Å². The van der Waals surface area contributed by atoms with E-state index in [0.717, 1.165) is 17.9 Å². The zero-order valence-corrected chi connectivity index (χ0v) is 9.40. The highest BCUT2D eigenvalue weighted by Gasteiger charge is 2.00. The van der Waals surface area contributed by atoms with Gasteiger partial charge in [-0.15, -0.1) is 0 Å². The normalized spacial score (nSPS) is 12.5. The summed E-state index contributed by atoms with van der Waals surface area (Å²) >= 11 is 0. The topological polar surface area (TPSA) is 44.5 Å². The molecule has 0 unspecified atom stereocenters. The van der Waals surface area contributed by atoms with Gasteiger partial charge in [-0.2, -0.15) is 0 Å². The fourth-order valence-electron chi connectivity index (χ4n) is 1.25. The Kier molecular flexibility index (Phi) is 5.15. The minimum atomic E-state index is 0.0421. The highest BCUT2D eigenvalue weighted by Crippen LogP contribution is 2.17. The maximum atomic E-state index is 5.78. The van der Waals surface area contributed by atoms with Crippen molar-refractivity contribution < 1.29 is 9.47 Å². The molecule has 0 saturated heterocycles. The van der Waals surface area contributed by atoms with Crippen molar-refractivity contribution in [2.75, 3.05) is 19.8 Å². The fourth-order valence-corrected chi connectivity index (χ4v) is 1.25. The van der Waals surface area contributed by atoms with Crippen LogP contribution in [0.2, 0.25) is 0 Å². The van der Waals surface area contributed by atoms with Crippen molar-refractivity contribution in [1.29, 1.82) is 0 Å². The minimum absolute atomic E-state index is 0.0421. The summed E-state index contributed by atoms with van der Waals surface area (Å²) < 4.78 is 10.7. The first-order chi connectivity index (χ1) is 7.24. The van der Waals surface area contributed by atoms with Crippen molar-refractivity contribution >= 4 is 0 Å². The summed E-state index contributed by atoms with van der Waals surface area (Å²) in [5.74, 6) is 0.851. The first kappa shape index (κ1) is 12.0. The number of benzene rings is 1. The lowest BCUT2D eigenvalue weighted by molar-refractivity contribution is 0.110. The molecule has 0 amide bonds. The zero-order valence-electron chi connectivity index (χ0n) is 9.40. The Hall–Kier alpha value is -1.06. The highest BCUT2D eigenvalue weighted by molar-refractivity contribution is 5.30. The SMILES string of the molecule is CCOCCOc1cccc([C@H](C)N)c1. The molecule has 0 saturated carbocycles. The van der Waals surface area contributed by atoms with Gasteiger partial charge >= 0.3 is 0 Å². The molecule has 1 aromatic rings. The van der Waals surface area contributed by atoms with Gasteiger partial charge in [-0.25, -0.2) is 0 Å². The molecule has 0 aliphatic carbocycles. The van der Waals surface area contributed by atoms with Gasteiger partial charge in [0.2, 0.25) is 0 Å². The number of hydrogen-bond acceptors (Lipinski definition) is 3. The number of rotatable bonds is 6. The van der Waals surface area contributed by atoms with Crippen LogP contribution in [0.4, 0.5) is 0 Å². The van der Waals surface area contributed by atoms with Gasteiger partial charge in [0.1, 0.15) is 12.4 Å². The molecular formula is C12H19NO2. The van der Waals surface area contributed by atoms with E-state index in [1.54, 1.807) is 0 Å². The van der Waals surface area contributed by atoms with Gasteiger partial charge < -0.3 is 15.2 Å². The summed E-state index contributed by atoms with van der Waals surface area (Å²) in [5.41, 5.74) is 6.87. The monoisotopic (exact) mass is 209 g/mol. The third-order valence-electron chi connectivity index (χ3n) is 2.08. The standard InChI is InChI=1S/C12H19NO2/c1-3-14-7-8-15-12-6-4-5-11(9-12)10(2)13/h4-6,9-10H,3,7-8,13H2,1-2H3/t10-/m0/s1. The first-order valence-corrected chi connectivity index (χ1v) is 5.30. The minimum Gasteiger partial charge on any atom is -0.491 e. The molecular weight excluding hydrogens is 190 g/mol. The maximum Gasteiger partial charge on any atom is 0.119 e. The third kappa shape index (κ3) is 4.32. The summed E-state index contributed by atoms with van der Waals surface area (Å²) in [7, 11) is 0. The second-order valence-corrected chi connectivity index (χ2v) is 3.41. The lowest BCUT2D eigenvalue weighted by Crippen LogP contribution is -2.08. The van der Waals surface area contributed by atoms with Crippen molar-refractivity contribution in [2.24, 2.45) is 5.73 Å². The molecule has 0 aromatic heterocycles. The number of ether oxygens (including phenoxy) is 2. The first-order valence-electron chi connectivity index (χ1n) is 5.30. The van der Waals surface area contributed by atoms with E-state index < -0.39 is 0 Å². The van der Waals surface area contributed by atoms with E-state index in [0.29, 0.717) is 13.2 Å². The van der Waals surface area contributed by atoms with Gasteiger partial charge in [0, 0.05) is 12.6 Å². The van der Waals surface area contributed by atoms with E-state index in [-0.39, 0.29) is 6.04 Å². The van der Waals surface area contributed by atoms with Gasteiger partial charge in [0.05, 0.1) is 6.61 Å². The largest absolute Gasteiger partial charge is 0.491 e. The second-order valence-electron chi connectivity index (χ2n) is 3.41. The average Bonchev–Trinajstić information content (AvgIpc) is 2.25. The molecule has 0 fully saturated rings. The fraction of sp³-hybridized carbons (Fsp3) is 0.500. The highest BCUT2D eigenvalue weighted by atomic mass is 16.5. The van der Waals surface area contributed by atoms with Crippen LogP contribution in [0, 0.1) is 0 Å². The van der Waals surface area contributed by atoms with Gasteiger partial charge in [-0.3, -0.25) is 0 Å². The number of hydrogen-bond donors (Lipinski definition) is 1. The van der Waals surface area contributed by atoms with Crippen LogP contribution in [-0.2, 0) is 4.74 Å². The summed E-state index contributed by atoms with van der Waals surface area (Å²) in [6.45, 7) is 5.86. The molecule has 84 valence electrons. The zero-order chi connectivity index (χ0) is 11.1. The summed E-state index contributed by atoms with van der Waals surface area (Å²) in [5, 5.41) is 0. The van der Waals surface area contributed by atoms with E-state index in [9.17, 15) is 0 Å². The smallest absolute Gasteiger partial charge is 0.119 e. The van der Waals surface area contributed by atoms with Crippen LogP contribution < -0.4 is 10.5 Å². The molecule has 0 aliphatic rings. The Morgan fingerprint density at radius 1 is 1.33 bits per heavy atom. The number of nitrogens with two attached hydrogens (primary N) is 1. The predicted octanol–water partition coefficient (Wildman–Crippen LogP) is 2.12.